The zero-order valence-electron chi connectivity index (χ0n) is 16.5. The van der Waals surface area contributed by atoms with E-state index in [0.29, 0.717) is 6.42 Å². The number of rotatable bonds is 8. The van der Waals surface area contributed by atoms with Crippen molar-refractivity contribution in [1.82, 2.24) is 0 Å². The lowest BCUT2D eigenvalue weighted by molar-refractivity contribution is -0.140. The Hall–Kier alpha value is -2.64. The minimum Gasteiger partial charge on any atom is -0.481 e. The molecule has 1 atom stereocenters. The smallest absolute Gasteiger partial charge is 0.303 e. The van der Waals surface area contributed by atoms with E-state index in [2.05, 4.69) is 23.9 Å². The second kappa shape index (κ2) is 10.5. The van der Waals surface area contributed by atoms with Crippen molar-refractivity contribution in [3.8, 4) is 6.07 Å². The number of aliphatic carboxylic acids is 1. The fourth-order valence-electron chi connectivity index (χ4n) is 3.60. The van der Waals surface area contributed by atoms with Gasteiger partial charge >= 0.3 is 5.97 Å². The molecule has 0 heterocycles. The van der Waals surface area contributed by atoms with Crippen molar-refractivity contribution in [2.24, 2.45) is 11.1 Å². The third-order valence-electron chi connectivity index (χ3n) is 5.07. The van der Waals surface area contributed by atoms with Gasteiger partial charge in [-0.2, -0.15) is 5.26 Å². The van der Waals surface area contributed by atoms with Crippen LogP contribution in [0.25, 0.3) is 0 Å². The van der Waals surface area contributed by atoms with Gasteiger partial charge in [0.2, 0.25) is 0 Å². The minimum absolute atomic E-state index is 0.0409. The molecule has 0 aromatic heterocycles. The number of nitriles is 1. The lowest BCUT2D eigenvalue weighted by Gasteiger charge is -2.41. The van der Waals surface area contributed by atoms with Crippen LogP contribution < -0.4 is 5.73 Å². The van der Waals surface area contributed by atoms with Crippen molar-refractivity contribution < 1.29 is 9.90 Å². The summed E-state index contributed by atoms with van der Waals surface area (Å²) < 4.78 is 0. The monoisotopic (exact) mass is 366 g/mol. The van der Waals surface area contributed by atoms with E-state index < -0.39 is 16.8 Å². The van der Waals surface area contributed by atoms with Crippen LogP contribution in [0.3, 0.4) is 0 Å². The van der Waals surface area contributed by atoms with Crippen molar-refractivity contribution in [1.29, 1.82) is 5.26 Å². The van der Waals surface area contributed by atoms with E-state index in [1.54, 1.807) is 0 Å². The van der Waals surface area contributed by atoms with E-state index in [4.69, 9.17) is 0 Å². The molecule has 0 bridgehead atoms. The second-order valence-electron chi connectivity index (χ2n) is 7.18. The highest BCUT2D eigenvalue weighted by atomic mass is 16.4. The van der Waals surface area contributed by atoms with Crippen molar-refractivity contribution in [2.75, 3.05) is 7.05 Å². The standard InChI is InChI=1S/C22H25NO2.CH5N/c1-21(2,16-20(24)25)22(17-23,19-13-7-4-8-14-19)15-9-12-18-10-5-3-6-11-18;1-2/h3-8,10-11,13-14H,9,12,15-16H2,1-2H3,(H,24,25);2H2,1H3. The van der Waals surface area contributed by atoms with E-state index in [9.17, 15) is 15.2 Å². The first kappa shape index (κ1) is 22.4. The Morgan fingerprint density at radius 3 is 2.04 bits per heavy atom. The Labute approximate surface area is 162 Å². The summed E-state index contributed by atoms with van der Waals surface area (Å²) in [5.74, 6) is -0.872. The Balaban J connectivity index is 0.00000176. The summed E-state index contributed by atoms with van der Waals surface area (Å²) in [6, 6.07) is 22.3. The first-order chi connectivity index (χ1) is 12.9. The zero-order valence-corrected chi connectivity index (χ0v) is 16.5. The summed E-state index contributed by atoms with van der Waals surface area (Å²) in [5, 5.41) is 19.5. The van der Waals surface area contributed by atoms with Gasteiger partial charge in [-0.1, -0.05) is 74.5 Å². The number of aryl methyl sites for hydroxylation is 1. The van der Waals surface area contributed by atoms with E-state index in [1.165, 1.54) is 12.6 Å². The van der Waals surface area contributed by atoms with E-state index in [1.807, 2.05) is 62.4 Å². The second-order valence-corrected chi connectivity index (χ2v) is 7.18. The van der Waals surface area contributed by atoms with Crippen LogP contribution in [0.4, 0.5) is 0 Å². The first-order valence-electron chi connectivity index (χ1n) is 9.21. The van der Waals surface area contributed by atoms with Crippen LogP contribution in [0.2, 0.25) is 0 Å². The van der Waals surface area contributed by atoms with Crippen LogP contribution in [0.5, 0.6) is 0 Å². The Morgan fingerprint density at radius 2 is 1.56 bits per heavy atom. The van der Waals surface area contributed by atoms with Crippen LogP contribution in [0.1, 0.15) is 44.2 Å². The third-order valence-corrected chi connectivity index (χ3v) is 5.07. The molecule has 0 amide bonds. The van der Waals surface area contributed by atoms with Crippen molar-refractivity contribution in [2.45, 2.75) is 44.9 Å². The first-order valence-corrected chi connectivity index (χ1v) is 9.21. The summed E-state index contributed by atoms with van der Waals surface area (Å²) in [5.41, 5.74) is 5.13. The maximum atomic E-state index is 11.4. The Bertz CT molecular complexity index is 736. The zero-order chi connectivity index (χ0) is 20.3. The molecular formula is C23H30N2O2. The fraction of sp³-hybridized carbons (Fsp3) is 0.391. The lowest BCUT2D eigenvalue weighted by Crippen LogP contribution is -2.42. The number of hydrogen-bond donors (Lipinski definition) is 2. The van der Waals surface area contributed by atoms with Gasteiger partial charge in [0.05, 0.1) is 17.9 Å². The van der Waals surface area contributed by atoms with Gasteiger partial charge in [-0.05, 0) is 42.9 Å². The molecule has 0 spiro atoms. The minimum atomic E-state index is -0.872. The Morgan fingerprint density at radius 1 is 1.04 bits per heavy atom. The highest BCUT2D eigenvalue weighted by Gasteiger charge is 2.47. The molecule has 0 saturated carbocycles. The maximum absolute atomic E-state index is 11.4. The van der Waals surface area contributed by atoms with Crippen molar-refractivity contribution in [3.63, 3.8) is 0 Å². The number of carbonyl (C=O) groups is 1. The van der Waals surface area contributed by atoms with Gasteiger partial charge in [0, 0.05) is 0 Å². The van der Waals surface area contributed by atoms with Crippen LogP contribution in [-0.4, -0.2) is 18.1 Å². The molecule has 2 rings (SSSR count). The maximum Gasteiger partial charge on any atom is 0.303 e. The fourth-order valence-corrected chi connectivity index (χ4v) is 3.60. The summed E-state index contributed by atoms with van der Waals surface area (Å²) in [4.78, 5) is 11.4. The summed E-state index contributed by atoms with van der Waals surface area (Å²) in [6.07, 6.45) is 2.29. The largest absolute Gasteiger partial charge is 0.481 e. The molecule has 1 unspecified atom stereocenters. The molecule has 0 aliphatic heterocycles. The lowest BCUT2D eigenvalue weighted by atomic mass is 9.59. The molecule has 144 valence electrons. The molecule has 0 aliphatic carbocycles. The van der Waals surface area contributed by atoms with Crippen LogP contribution in [0, 0.1) is 16.7 Å². The normalized spacial score (nSPS) is 12.9. The molecule has 3 N–H and O–H groups in total. The molecular weight excluding hydrogens is 336 g/mol. The molecule has 0 fully saturated rings. The highest BCUT2D eigenvalue weighted by molar-refractivity contribution is 5.68. The predicted molar refractivity (Wildman–Crippen MR) is 109 cm³/mol. The number of benzene rings is 2. The average Bonchev–Trinajstić information content (AvgIpc) is 2.67. The third kappa shape index (κ3) is 5.67. The van der Waals surface area contributed by atoms with Crippen LogP contribution in [0.15, 0.2) is 60.7 Å². The highest BCUT2D eigenvalue weighted by Crippen LogP contribution is 2.47. The summed E-state index contributed by atoms with van der Waals surface area (Å²) >= 11 is 0. The van der Waals surface area contributed by atoms with E-state index in [-0.39, 0.29) is 6.42 Å². The topological polar surface area (TPSA) is 87.1 Å². The van der Waals surface area contributed by atoms with Gasteiger partial charge in [-0.3, -0.25) is 4.79 Å². The SMILES string of the molecule is CC(C)(CC(=O)O)C(C#N)(CCCc1ccccc1)c1ccccc1.CN. The molecule has 0 aliphatic rings. The van der Waals surface area contributed by atoms with Crippen LogP contribution in [-0.2, 0) is 16.6 Å². The average molecular weight is 367 g/mol. The molecule has 4 heteroatoms. The van der Waals surface area contributed by atoms with Gasteiger partial charge in [0.1, 0.15) is 0 Å². The van der Waals surface area contributed by atoms with Crippen molar-refractivity contribution >= 4 is 5.97 Å². The quantitative estimate of drug-likeness (QED) is 0.717. The summed E-state index contributed by atoms with van der Waals surface area (Å²) in [7, 11) is 1.50. The molecule has 0 radical (unpaired) electrons. The number of nitrogens with two attached hydrogens (primary N) is 1. The predicted octanol–water partition coefficient (Wildman–Crippen LogP) is 4.55. The number of carboxylic acid groups (broad SMARTS) is 1. The van der Waals surface area contributed by atoms with Gasteiger partial charge < -0.3 is 10.8 Å². The number of hydrogen-bond acceptors (Lipinski definition) is 3. The summed E-state index contributed by atoms with van der Waals surface area (Å²) in [6.45, 7) is 3.78. The molecule has 2 aromatic carbocycles. The molecule has 4 nitrogen and oxygen atoms in total. The number of carboxylic acids is 1. The molecule has 2 aromatic rings. The van der Waals surface area contributed by atoms with Gasteiger partial charge in [-0.15, -0.1) is 0 Å². The van der Waals surface area contributed by atoms with Gasteiger partial charge in [-0.25, -0.2) is 0 Å². The van der Waals surface area contributed by atoms with E-state index in [0.717, 1.165) is 18.4 Å². The van der Waals surface area contributed by atoms with Crippen molar-refractivity contribution in [3.05, 3.63) is 71.8 Å². The number of nitrogens with zero attached hydrogens (tertiary/aromatic N) is 1. The molecule has 27 heavy (non-hydrogen) atoms. The molecule has 0 saturated heterocycles. The van der Waals surface area contributed by atoms with Gasteiger partial charge in [0.15, 0.2) is 0 Å². The van der Waals surface area contributed by atoms with Gasteiger partial charge in [0.25, 0.3) is 0 Å². The van der Waals surface area contributed by atoms with E-state index >= 15 is 0 Å². The van der Waals surface area contributed by atoms with Crippen LogP contribution >= 0.6 is 0 Å². The Kier molecular flexibility index (Phi) is 8.71.